The maximum Gasteiger partial charge on any atom is 0.332 e. The van der Waals surface area contributed by atoms with Crippen molar-refractivity contribution >= 4 is 40.5 Å². The standard InChI is InChI=1S/C16H22ClN5O5S/c1-3-5-28-16-18-14(17)11-15(19-16)22(21-20-11)8-6-9(13(25)12(8)24)27-7-10(23)26-4-2/h8-9,12-13,24-25H,3-7H2,1-2H3/t8?,9-,12-,13+/m0/s1. The first-order valence-corrected chi connectivity index (χ1v) is 10.4. The van der Waals surface area contributed by atoms with Crippen molar-refractivity contribution in [2.75, 3.05) is 19.0 Å². The Balaban J connectivity index is 1.81. The highest BCUT2D eigenvalue weighted by molar-refractivity contribution is 7.99. The van der Waals surface area contributed by atoms with Gasteiger partial charge in [0.15, 0.2) is 21.5 Å². The van der Waals surface area contributed by atoms with Crippen LogP contribution in [0.25, 0.3) is 11.2 Å². The summed E-state index contributed by atoms with van der Waals surface area (Å²) < 4.78 is 11.7. The number of esters is 1. The molecular weight excluding hydrogens is 410 g/mol. The molecular formula is C16H22ClN5O5S. The van der Waals surface area contributed by atoms with Crippen molar-refractivity contribution in [2.24, 2.45) is 0 Å². The van der Waals surface area contributed by atoms with E-state index in [2.05, 4.69) is 20.3 Å². The van der Waals surface area contributed by atoms with Crippen LogP contribution in [0.3, 0.4) is 0 Å². The number of fused-ring (bicyclic) bond motifs is 1. The molecule has 0 bridgehead atoms. The second kappa shape index (κ2) is 9.31. The summed E-state index contributed by atoms with van der Waals surface area (Å²) in [6.45, 7) is 3.67. The van der Waals surface area contributed by atoms with E-state index in [1.54, 1.807) is 6.92 Å². The van der Waals surface area contributed by atoms with Crippen LogP contribution >= 0.6 is 23.4 Å². The number of hydrogen-bond acceptors (Lipinski definition) is 10. The molecule has 0 saturated heterocycles. The Hall–Kier alpha value is -1.53. The number of aliphatic hydroxyl groups is 2. The van der Waals surface area contributed by atoms with E-state index in [-0.39, 0.29) is 24.8 Å². The lowest BCUT2D eigenvalue weighted by Gasteiger charge is -2.17. The van der Waals surface area contributed by atoms with Gasteiger partial charge in [0.25, 0.3) is 0 Å². The predicted molar refractivity (Wildman–Crippen MR) is 101 cm³/mol. The molecule has 10 nitrogen and oxygen atoms in total. The summed E-state index contributed by atoms with van der Waals surface area (Å²) >= 11 is 7.66. The molecule has 3 rings (SSSR count). The van der Waals surface area contributed by atoms with Crippen LogP contribution in [-0.4, -0.2) is 78.4 Å². The zero-order valence-electron chi connectivity index (χ0n) is 15.5. The first kappa shape index (κ1) is 21.2. The summed E-state index contributed by atoms with van der Waals surface area (Å²) in [5, 5.41) is 29.5. The number of carbonyl (C=O) groups is 1. The minimum absolute atomic E-state index is 0.179. The smallest absolute Gasteiger partial charge is 0.332 e. The van der Waals surface area contributed by atoms with Gasteiger partial charge in [-0.05, 0) is 13.3 Å². The van der Waals surface area contributed by atoms with Crippen LogP contribution in [0.1, 0.15) is 32.7 Å². The SMILES string of the molecule is CCCSc1nc(Cl)c2nnn(C3C[C@H](OCC(=O)OCC)[C@@H](O)[C@H]3O)c2n1. The van der Waals surface area contributed by atoms with Gasteiger partial charge in [-0.3, -0.25) is 0 Å². The molecule has 12 heteroatoms. The number of carbonyl (C=O) groups excluding carboxylic acids is 1. The fourth-order valence-electron chi connectivity index (χ4n) is 3.01. The third kappa shape index (κ3) is 4.38. The monoisotopic (exact) mass is 431 g/mol. The van der Waals surface area contributed by atoms with Gasteiger partial charge in [0.1, 0.15) is 18.8 Å². The number of nitrogens with zero attached hydrogens (tertiary/aromatic N) is 5. The molecule has 0 aromatic carbocycles. The molecule has 2 aromatic rings. The summed E-state index contributed by atoms with van der Waals surface area (Å²) in [5.41, 5.74) is 0.695. The van der Waals surface area contributed by atoms with E-state index >= 15 is 0 Å². The number of ether oxygens (including phenoxy) is 2. The molecule has 1 aliphatic carbocycles. The maximum absolute atomic E-state index is 11.5. The summed E-state index contributed by atoms with van der Waals surface area (Å²) in [4.78, 5) is 20.1. The summed E-state index contributed by atoms with van der Waals surface area (Å²) in [7, 11) is 0. The van der Waals surface area contributed by atoms with E-state index in [0.717, 1.165) is 12.2 Å². The van der Waals surface area contributed by atoms with Crippen molar-refractivity contribution in [2.45, 2.75) is 56.2 Å². The molecule has 154 valence electrons. The van der Waals surface area contributed by atoms with Crippen molar-refractivity contribution < 1.29 is 24.5 Å². The third-order valence-electron chi connectivity index (χ3n) is 4.33. The number of aromatic nitrogens is 5. The van der Waals surface area contributed by atoms with Crippen LogP contribution in [0.2, 0.25) is 5.15 Å². The van der Waals surface area contributed by atoms with E-state index in [0.29, 0.717) is 16.3 Å². The molecule has 1 saturated carbocycles. The molecule has 0 spiro atoms. The molecule has 2 heterocycles. The lowest BCUT2D eigenvalue weighted by atomic mass is 10.2. The minimum Gasteiger partial charge on any atom is -0.464 e. The van der Waals surface area contributed by atoms with E-state index in [1.807, 2.05) is 6.92 Å². The van der Waals surface area contributed by atoms with Crippen molar-refractivity contribution in [3.63, 3.8) is 0 Å². The lowest BCUT2D eigenvalue weighted by Crippen LogP contribution is -2.34. The average Bonchev–Trinajstić information content (AvgIpc) is 3.21. The predicted octanol–water partition coefficient (Wildman–Crippen LogP) is 0.992. The van der Waals surface area contributed by atoms with Gasteiger partial charge in [-0.2, -0.15) is 0 Å². The van der Waals surface area contributed by atoms with E-state index in [9.17, 15) is 15.0 Å². The molecule has 1 aliphatic rings. The summed E-state index contributed by atoms with van der Waals surface area (Å²) in [6, 6.07) is -0.637. The van der Waals surface area contributed by atoms with Crippen LogP contribution in [0.5, 0.6) is 0 Å². The molecule has 1 unspecified atom stereocenters. The van der Waals surface area contributed by atoms with Gasteiger partial charge in [-0.1, -0.05) is 35.5 Å². The van der Waals surface area contributed by atoms with E-state index in [4.69, 9.17) is 21.1 Å². The third-order valence-corrected chi connectivity index (χ3v) is 5.65. The number of aliphatic hydroxyl groups excluding tert-OH is 2. The van der Waals surface area contributed by atoms with Crippen LogP contribution < -0.4 is 0 Å². The Morgan fingerprint density at radius 2 is 2.11 bits per heavy atom. The van der Waals surface area contributed by atoms with Gasteiger partial charge in [0.05, 0.1) is 18.8 Å². The number of halogens is 1. The van der Waals surface area contributed by atoms with E-state index < -0.39 is 30.3 Å². The fourth-order valence-corrected chi connectivity index (χ4v) is 3.96. The quantitative estimate of drug-likeness (QED) is 0.270. The lowest BCUT2D eigenvalue weighted by molar-refractivity contribution is -0.153. The molecule has 0 radical (unpaired) electrons. The molecule has 4 atom stereocenters. The van der Waals surface area contributed by atoms with Gasteiger partial charge in [0, 0.05) is 12.2 Å². The maximum atomic E-state index is 11.5. The van der Waals surface area contributed by atoms with Crippen LogP contribution in [0.4, 0.5) is 0 Å². The Bertz CT molecular complexity index is 837. The largest absolute Gasteiger partial charge is 0.464 e. The highest BCUT2D eigenvalue weighted by Gasteiger charge is 2.45. The highest BCUT2D eigenvalue weighted by Crippen LogP contribution is 2.35. The van der Waals surface area contributed by atoms with Crippen LogP contribution in [0.15, 0.2) is 5.16 Å². The van der Waals surface area contributed by atoms with Crippen molar-refractivity contribution in [1.82, 2.24) is 25.0 Å². The van der Waals surface area contributed by atoms with Crippen LogP contribution in [-0.2, 0) is 14.3 Å². The Kier molecular flexibility index (Phi) is 7.05. The zero-order valence-corrected chi connectivity index (χ0v) is 17.1. The normalized spacial score (nSPS) is 24.8. The Labute approximate surface area is 170 Å². The molecule has 0 aliphatic heterocycles. The van der Waals surface area contributed by atoms with E-state index in [1.165, 1.54) is 16.4 Å². The van der Waals surface area contributed by atoms with Crippen molar-refractivity contribution in [3.8, 4) is 0 Å². The summed E-state index contributed by atoms with van der Waals surface area (Å²) in [5.74, 6) is 0.300. The van der Waals surface area contributed by atoms with Gasteiger partial charge in [-0.25, -0.2) is 19.4 Å². The Morgan fingerprint density at radius 3 is 2.82 bits per heavy atom. The fraction of sp³-hybridized carbons (Fsp3) is 0.688. The van der Waals surface area contributed by atoms with Gasteiger partial charge >= 0.3 is 5.97 Å². The molecule has 2 aromatic heterocycles. The number of rotatable bonds is 8. The summed E-state index contributed by atoms with van der Waals surface area (Å²) in [6.07, 6.45) is -1.94. The molecule has 0 amide bonds. The first-order valence-electron chi connectivity index (χ1n) is 9.00. The van der Waals surface area contributed by atoms with Crippen molar-refractivity contribution in [3.05, 3.63) is 5.15 Å². The number of thioether (sulfide) groups is 1. The first-order chi connectivity index (χ1) is 13.5. The van der Waals surface area contributed by atoms with Crippen LogP contribution in [0, 0.1) is 0 Å². The average molecular weight is 432 g/mol. The van der Waals surface area contributed by atoms with Crippen molar-refractivity contribution in [1.29, 1.82) is 0 Å². The zero-order chi connectivity index (χ0) is 20.3. The van der Waals surface area contributed by atoms with Gasteiger partial charge in [-0.15, -0.1) is 5.10 Å². The molecule has 1 fully saturated rings. The minimum atomic E-state index is -1.19. The number of hydrogen-bond donors (Lipinski definition) is 2. The second-order valence-electron chi connectivity index (χ2n) is 6.29. The second-order valence-corrected chi connectivity index (χ2v) is 7.71. The molecule has 28 heavy (non-hydrogen) atoms. The van der Waals surface area contributed by atoms with Gasteiger partial charge in [0.2, 0.25) is 0 Å². The molecule has 2 N–H and O–H groups in total. The Morgan fingerprint density at radius 1 is 1.32 bits per heavy atom. The topological polar surface area (TPSA) is 132 Å². The van der Waals surface area contributed by atoms with Gasteiger partial charge < -0.3 is 19.7 Å². The highest BCUT2D eigenvalue weighted by atomic mass is 35.5.